The highest BCUT2D eigenvalue weighted by Gasteiger charge is 2.20. The monoisotopic (exact) mass is 353 g/mol. The molecule has 2 aromatic rings. The molecule has 0 atom stereocenters. The van der Waals surface area contributed by atoms with E-state index < -0.39 is 0 Å². The van der Waals surface area contributed by atoms with Crippen LogP contribution in [0.1, 0.15) is 15.9 Å². The average Bonchev–Trinajstić information content (AvgIpc) is 3.05. The standard InChI is InChI=1S/C19H16ClN3O2/c20-17-6-2-1-5-16(17)18(24)21-11-3-4-14-7-9-15(10-8-14)23-13-12-22-19(23)25/h1-2,5-10H,11-13H2,(H,21,24)(H,22,25). The molecule has 126 valence electrons. The van der Waals surface area contributed by atoms with E-state index in [1.54, 1.807) is 29.2 Å². The van der Waals surface area contributed by atoms with Gasteiger partial charge in [-0.15, -0.1) is 0 Å². The van der Waals surface area contributed by atoms with Crippen LogP contribution in [0.3, 0.4) is 0 Å². The van der Waals surface area contributed by atoms with E-state index in [0.29, 0.717) is 23.7 Å². The van der Waals surface area contributed by atoms with Crippen molar-refractivity contribution in [2.45, 2.75) is 0 Å². The SMILES string of the molecule is O=C(NCC#Cc1ccc(N2CCNC2=O)cc1)c1ccccc1Cl. The lowest BCUT2D eigenvalue weighted by molar-refractivity contribution is 0.0959. The first kappa shape index (κ1) is 16.9. The van der Waals surface area contributed by atoms with E-state index >= 15 is 0 Å². The van der Waals surface area contributed by atoms with E-state index in [0.717, 1.165) is 11.3 Å². The number of carbonyl (C=O) groups is 2. The van der Waals surface area contributed by atoms with Gasteiger partial charge in [0, 0.05) is 24.3 Å². The molecule has 0 spiro atoms. The second-order valence-corrected chi connectivity index (χ2v) is 5.80. The molecule has 0 saturated carbocycles. The molecule has 0 unspecified atom stereocenters. The summed E-state index contributed by atoms with van der Waals surface area (Å²) >= 11 is 5.98. The number of benzene rings is 2. The van der Waals surface area contributed by atoms with Crippen molar-refractivity contribution in [3.8, 4) is 11.8 Å². The van der Waals surface area contributed by atoms with E-state index in [-0.39, 0.29) is 18.5 Å². The third-order valence-corrected chi connectivity index (χ3v) is 4.05. The fourth-order valence-corrected chi connectivity index (χ4v) is 2.68. The van der Waals surface area contributed by atoms with Crippen molar-refractivity contribution in [3.05, 3.63) is 64.7 Å². The first-order valence-corrected chi connectivity index (χ1v) is 8.20. The molecule has 1 heterocycles. The quantitative estimate of drug-likeness (QED) is 0.833. The number of hydrogen-bond acceptors (Lipinski definition) is 2. The predicted octanol–water partition coefficient (Wildman–Crippen LogP) is 2.65. The summed E-state index contributed by atoms with van der Waals surface area (Å²) in [5, 5.41) is 5.89. The number of anilines is 1. The van der Waals surface area contributed by atoms with Gasteiger partial charge in [0.15, 0.2) is 0 Å². The van der Waals surface area contributed by atoms with Gasteiger partial charge >= 0.3 is 6.03 Å². The topological polar surface area (TPSA) is 61.4 Å². The van der Waals surface area contributed by atoms with E-state index in [4.69, 9.17) is 11.6 Å². The maximum atomic E-state index is 12.0. The molecule has 1 fully saturated rings. The van der Waals surface area contributed by atoms with Crippen LogP contribution in [0.15, 0.2) is 48.5 Å². The Morgan fingerprint density at radius 1 is 1.20 bits per heavy atom. The van der Waals surface area contributed by atoms with Gasteiger partial charge in [0.05, 0.1) is 17.1 Å². The zero-order valence-corrected chi connectivity index (χ0v) is 14.1. The molecule has 25 heavy (non-hydrogen) atoms. The Balaban J connectivity index is 1.56. The van der Waals surface area contributed by atoms with Crippen molar-refractivity contribution in [3.63, 3.8) is 0 Å². The Bertz CT molecular complexity index is 853. The van der Waals surface area contributed by atoms with Crippen LogP contribution in [0.25, 0.3) is 0 Å². The van der Waals surface area contributed by atoms with Crippen LogP contribution < -0.4 is 15.5 Å². The Morgan fingerprint density at radius 2 is 1.96 bits per heavy atom. The van der Waals surface area contributed by atoms with Crippen LogP contribution in [-0.2, 0) is 0 Å². The molecule has 2 aromatic carbocycles. The van der Waals surface area contributed by atoms with Crippen LogP contribution in [0, 0.1) is 11.8 Å². The summed E-state index contributed by atoms with van der Waals surface area (Å²) in [5.41, 5.74) is 2.09. The molecule has 0 aromatic heterocycles. The molecule has 1 aliphatic rings. The fourth-order valence-electron chi connectivity index (χ4n) is 2.45. The Morgan fingerprint density at radius 3 is 2.64 bits per heavy atom. The predicted molar refractivity (Wildman–Crippen MR) is 97.8 cm³/mol. The number of nitrogens with zero attached hydrogens (tertiary/aromatic N) is 1. The van der Waals surface area contributed by atoms with Gasteiger partial charge in [-0.25, -0.2) is 4.79 Å². The zero-order chi connectivity index (χ0) is 17.6. The average molecular weight is 354 g/mol. The molecule has 0 bridgehead atoms. The summed E-state index contributed by atoms with van der Waals surface area (Å²) in [6, 6.07) is 14.2. The zero-order valence-electron chi connectivity index (χ0n) is 13.4. The van der Waals surface area contributed by atoms with Crippen molar-refractivity contribution in [1.29, 1.82) is 0 Å². The van der Waals surface area contributed by atoms with Gasteiger partial charge in [-0.05, 0) is 36.4 Å². The molecule has 3 amide bonds. The minimum atomic E-state index is -0.254. The largest absolute Gasteiger partial charge is 0.341 e. The van der Waals surface area contributed by atoms with Crippen LogP contribution in [-0.4, -0.2) is 31.6 Å². The van der Waals surface area contributed by atoms with Gasteiger partial charge in [0.25, 0.3) is 5.91 Å². The number of amides is 3. The lowest BCUT2D eigenvalue weighted by Crippen LogP contribution is -2.27. The van der Waals surface area contributed by atoms with E-state index in [9.17, 15) is 9.59 Å². The highest BCUT2D eigenvalue weighted by molar-refractivity contribution is 6.33. The van der Waals surface area contributed by atoms with Gasteiger partial charge < -0.3 is 10.6 Å². The molecular formula is C19H16ClN3O2. The third kappa shape index (κ3) is 4.11. The first-order valence-electron chi connectivity index (χ1n) is 7.82. The van der Waals surface area contributed by atoms with Gasteiger partial charge in [-0.2, -0.15) is 0 Å². The molecule has 0 aliphatic carbocycles. The Kier molecular flexibility index (Phi) is 5.22. The molecule has 1 aliphatic heterocycles. The maximum Gasteiger partial charge on any atom is 0.321 e. The minimum absolute atomic E-state index is 0.0823. The Labute approximate surface area is 151 Å². The first-order chi connectivity index (χ1) is 12.1. The molecule has 3 rings (SSSR count). The van der Waals surface area contributed by atoms with Crippen molar-refractivity contribution in [2.75, 3.05) is 24.5 Å². The van der Waals surface area contributed by atoms with Gasteiger partial charge in [0.1, 0.15) is 0 Å². The summed E-state index contributed by atoms with van der Waals surface area (Å²) in [4.78, 5) is 25.3. The smallest absolute Gasteiger partial charge is 0.321 e. The lowest BCUT2D eigenvalue weighted by Gasteiger charge is -2.13. The van der Waals surface area contributed by atoms with Crippen molar-refractivity contribution in [2.24, 2.45) is 0 Å². The third-order valence-electron chi connectivity index (χ3n) is 3.72. The molecule has 2 N–H and O–H groups in total. The number of nitrogens with one attached hydrogen (secondary N) is 2. The van der Waals surface area contributed by atoms with E-state index in [1.807, 2.05) is 24.3 Å². The number of carbonyl (C=O) groups excluding carboxylic acids is 2. The summed E-state index contributed by atoms with van der Waals surface area (Å²) in [7, 11) is 0. The second-order valence-electron chi connectivity index (χ2n) is 5.39. The fraction of sp³-hybridized carbons (Fsp3) is 0.158. The minimum Gasteiger partial charge on any atom is -0.341 e. The summed E-state index contributed by atoms with van der Waals surface area (Å²) in [6.45, 7) is 1.55. The number of rotatable bonds is 3. The van der Waals surface area contributed by atoms with Gasteiger partial charge in [0.2, 0.25) is 0 Å². The van der Waals surface area contributed by atoms with E-state index in [2.05, 4.69) is 22.5 Å². The molecule has 5 nitrogen and oxygen atoms in total. The summed E-state index contributed by atoms with van der Waals surface area (Å²) in [5.74, 6) is 5.63. The van der Waals surface area contributed by atoms with Crippen LogP contribution in [0.5, 0.6) is 0 Å². The Hall–Kier alpha value is -2.97. The molecule has 1 saturated heterocycles. The van der Waals surface area contributed by atoms with Crippen molar-refractivity contribution >= 4 is 29.2 Å². The molecular weight excluding hydrogens is 338 g/mol. The normalized spacial score (nSPS) is 13.0. The van der Waals surface area contributed by atoms with Crippen LogP contribution >= 0.6 is 11.6 Å². The van der Waals surface area contributed by atoms with Crippen molar-refractivity contribution in [1.82, 2.24) is 10.6 Å². The second kappa shape index (κ2) is 7.73. The number of hydrogen-bond donors (Lipinski definition) is 2. The van der Waals surface area contributed by atoms with Crippen molar-refractivity contribution < 1.29 is 9.59 Å². The van der Waals surface area contributed by atoms with Gasteiger partial charge in [-0.1, -0.05) is 35.6 Å². The van der Waals surface area contributed by atoms with Crippen LogP contribution in [0.4, 0.5) is 10.5 Å². The van der Waals surface area contributed by atoms with Gasteiger partial charge in [-0.3, -0.25) is 9.69 Å². The highest BCUT2D eigenvalue weighted by atomic mass is 35.5. The van der Waals surface area contributed by atoms with E-state index in [1.165, 1.54) is 0 Å². The maximum absolute atomic E-state index is 12.0. The molecule has 0 radical (unpaired) electrons. The molecule has 6 heteroatoms. The highest BCUT2D eigenvalue weighted by Crippen LogP contribution is 2.17. The number of urea groups is 1. The summed E-state index contributed by atoms with van der Waals surface area (Å²) < 4.78 is 0. The number of halogens is 1. The van der Waals surface area contributed by atoms with Crippen LogP contribution in [0.2, 0.25) is 5.02 Å². The lowest BCUT2D eigenvalue weighted by atomic mass is 10.2. The summed E-state index contributed by atoms with van der Waals surface area (Å²) in [6.07, 6.45) is 0.